The lowest BCUT2D eigenvalue weighted by molar-refractivity contribution is 0.277. The average Bonchev–Trinajstić information content (AvgIpc) is 2.70. The van der Waals surface area contributed by atoms with E-state index in [2.05, 4.69) is 35.2 Å². The van der Waals surface area contributed by atoms with Crippen LogP contribution in [0.2, 0.25) is 0 Å². The summed E-state index contributed by atoms with van der Waals surface area (Å²) in [7, 11) is 0. The maximum absolute atomic E-state index is 5.65. The van der Waals surface area contributed by atoms with Gasteiger partial charge in [0.1, 0.15) is 11.5 Å². The lowest BCUT2D eigenvalue weighted by atomic mass is 10.0. The van der Waals surface area contributed by atoms with Crippen molar-refractivity contribution in [3.63, 3.8) is 0 Å². The van der Waals surface area contributed by atoms with E-state index >= 15 is 0 Å². The van der Waals surface area contributed by atoms with Gasteiger partial charge in [0.25, 0.3) is 0 Å². The average molecular weight is 270 g/mol. The van der Waals surface area contributed by atoms with Crippen LogP contribution in [0.1, 0.15) is 28.2 Å². The number of hydrogen-bond donors (Lipinski definition) is 1. The minimum atomic E-state index is 0.478. The molecule has 20 heavy (non-hydrogen) atoms. The zero-order chi connectivity index (χ0) is 13.9. The Morgan fingerprint density at radius 3 is 2.35 bits per heavy atom. The van der Waals surface area contributed by atoms with E-state index in [0.29, 0.717) is 6.54 Å². The number of aryl methyl sites for hydroxylation is 1. The Balaban J connectivity index is 1.69. The second kappa shape index (κ2) is 5.81. The Bertz CT molecular complexity index is 561. The smallest absolute Gasteiger partial charge is 0.118 e. The Hall–Kier alpha value is -1.58. The number of furan rings is 1. The van der Waals surface area contributed by atoms with Gasteiger partial charge < -0.3 is 10.2 Å². The van der Waals surface area contributed by atoms with Crippen LogP contribution in [0.5, 0.6) is 0 Å². The summed E-state index contributed by atoms with van der Waals surface area (Å²) in [6.45, 7) is 5.69. The molecule has 0 saturated heterocycles. The Labute approximate surface area is 120 Å². The van der Waals surface area contributed by atoms with Crippen LogP contribution in [0.15, 0.2) is 34.7 Å². The fourth-order valence-electron chi connectivity index (χ4n) is 2.96. The Morgan fingerprint density at radius 2 is 1.80 bits per heavy atom. The van der Waals surface area contributed by atoms with Crippen LogP contribution in [0.25, 0.3) is 0 Å². The van der Waals surface area contributed by atoms with E-state index in [4.69, 9.17) is 10.2 Å². The SMILES string of the molecule is Cc1oc(CN)cc1CN1CCc2ccccc2CC1. The number of fused-ring (bicyclic) bond motifs is 1. The third-order valence-corrected chi connectivity index (χ3v) is 4.18. The van der Waals surface area contributed by atoms with Crippen LogP contribution >= 0.6 is 0 Å². The summed E-state index contributed by atoms with van der Waals surface area (Å²) < 4.78 is 5.65. The fourth-order valence-corrected chi connectivity index (χ4v) is 2.96. The van der Waals surface area contributed by atoms with Gasteiger partial charge in [0.15, 0.2) is 0 Å². The molecule has 2 N–H and O–H groups in total. The summed E-state index contributed by atoms with van der Waals surface area (Å²) in [5, 5.41) is 0. The van der Waals surface area contributed by atoms with Crippen molar-refractivity contribution in [3.05, 3.63) is 58.5 Å². The fraction of sp³-hybridized carbons (Fsp3) is 0.412. The third-order valence-electron chi connectivity index (χ3n) is 4.18. The zero-order valence-corrected chi connectivity index (χ0v) is 12.1. The molecule has 3 heteroatoms. The Kier molecular flexibility index (Phi) is 3.90. The molecule has 0 radical (unpaired) electrons. The minimum Gasteiger partial charge on any atom is -0.465 e. The molecule has 1 aromatic heterocycles. The quantitative estimate of drug-likeness (QED) is 0.932. The molecule has 1 aromatic carbocycles. The highest BCUT2D eigenvalue weighted by Gasteiger charge is 2.16. The van der Waals surface area contributed by atoms with E-state index in [1.807, 2.05) is 6.92 Å². The van der Waals surface area contributed by atoms with Gasteiger partial charge in [-0.3, -0.25) is 4.90 Å². The molecule has 0 unspecified atom stereocenters. The molecule has 0 atom stereocenters. The molecular formula is C17H22N2O. The van der Waals surface area contributed by atoms with E-state index in [0.717, 1.165) is 44.0 Å². The van der Waals surface area contributed by atoms with Gasteiger partial charge in [0, 0.05) is 25.2 Å². The van der Waals surface area contributed by atoms with Crippen molar-refractivity contribution in [3.8, 4) is 0 Å². The first-order valence-electron chi connectivity index (χ1n) is 7.33. The van der Waals surface area contributed by atoms with E-state index in [1.165, 1.54) is 16.7 Å². The van der Waals surface area contributed by atoms with Gasteiger partial charge in [-0.2, -0.15) is 0 Å². The predicted molar refractivity (Wildman–Crippen MR) is 80.5 cm³/mol. The molecule has 1 aliphatic rings. The van der Waals surface area contributed by atoms with Crippen molar-refractivity contribution < 1.29 is 4.42 Å². The molecule has 3 nitrogen and oxygen atoms in total. The molecule has 0 spiro atoms. The summed E-state index contributed by atoms with van der Waals surface area (Å²) in [5.74, 6) is 1.89. The van der Waals surface area contributed by atoms with Gasteiger partial charge in [0.05, 0.1) is 6.54 Å². The Morgan fingerprint density at radius 1 is 1.15 bits per heavy atom. The second-order valence-electron chi connectivity index (χ2n) is 5.54. The molecule has 0 fully saturated rings. The maximum Gasteiger partial charge on any atom is 0.118 e. The molecule has 0 saturated carbocycles. The van der Waals surface area contributed by atoms with Crippen molar-refractivity contribution in [2.75, 3.05) is 13.1 Å². The number of nitrogens with two attached hydrogens (primary N) is 1. The molecule has 0 bridgehead atoms. The molecule has 1 aliphatic heterocycles. The number of nitrogens with zero attached hydrogens (tertiary/aromatic N) is 1. The number of hydrogen-bond acceptors (Lipinski definition) is 3. The third kappa shape index (κ3) is 2.79. The van der Waals surface area contributed by atoms with Crippen molar-refractivity contribution in [1.29, 1.82) is 0 Å². The summed E-state index contributed by atoms with van der Waals surface area (Å²) >= 11 is 0. The van der Waals surface area contributed by atoms with Gasteiger partial charge in [-0.1, -0.05) is 24.3 Å². The summed E-state index contributed by atoms with van der Waals surface area (Å²) in [6.07, 6.45) is 2.27. The summed E-state index contributed by atoms with van der Waals surface area (Å²) in [5.41, 5.74) is 9.92. The van der Waals surface area contributed by atoms with E-state index in [9.17, 15) is 0 Å². The van der Waals surface area contributed by atoms with Gasteiger partial charge in [-0.05, 0) is 37.0 Å². The van der Waals surface area contributed by atoms with Crippen LogP contribution in [-0.2, 0) is 25.9 Å². The van der Waals surface area contributed by atoms with Gasteiger partial charge in [-0.15, -0.1) is 0 Å². The van der Waals surface area contributed by atoms with Gasteiger partial charge >= 0.3 is 0 Å². The van der Waals surface area contributed by atoms with E-state index in [-0.39, 0.29) is 0 Å². The van der Waals surface area contributed by atoms with Crippen molar-refractivity contribution in [1.82, 2.24) is 4.90 Å². The largest absolute Gasteiger partial charge is 0.465 e. The number of benzene rings is 1. The van der Waals surface area contributed by atoms with Gasteiger partial charge in [-0.25, -0.2) is 0 Å². The molecule has 2 heterocycles. The number of rotatable bonds is 3. The molecule has 0 aliphatic carbocycles. The lowest BCUT2D eigenvalue weighted by Gasteiger charge is -2.19. The second-order valence-corrected chi connectivity index (χ2v) is 5.54. The summed E-state index contributed by atoms with van der Waals surface area (Å²) in [4.78, 5) is 2.51. The first-order chi connectivity index (χ1) is 9.76. The van der Waals surface area contributed by atoms with Crippen LogP contribution in [0.4, 0.5) is 0 Å². The van der Waals surface area contributed by atoms with E-state index in [1.54, 1.807) is 0 Å². The van der Waals surface area contributed by atoms with Crippen LogP contribution in [-0.4, -0.2) is 18.0 Å². The molecule has 2 aromatic rings. The first kappa shape index (κ1) is 13.4. The van der Waals surface area contributed by atoms with Crippen LogP contribution < -0.4 is 5.73 Å². The highest BCUT2D eigenvalue weighted by atomic mass is 16.3. The highest BCUT2D eigenvalue weighted by Crippen LogP contribution is 2.20. The van der Waals surface area contributed by atoms with Crippen molar-refractivity contribution >= 4 is 0 Å². The van der Waals surface area contributed by atoms with Crippen LogP contribution in [0.3, 0.4) is 0 Å². The first-order valence-corrected chi connectivity index (χ1v) is 7.33. The topological polar surface area (TPSA) is 42.4 Å². The predicted octanol–water partition coefficient (Wildman–Crippen LogP) is 2.65. The molecular weight excluding hydrogens is 248 g/mol. The summed E-state index contributed by atoms with van der Waals surface area (Å²) in [6, 6.07) is 10.9. The van der Waals surface area contributed by atoms with E-state index < -0.39 is 0 Å². The standard InChI is InChI=1S/C17H22N2O/c1-13-16(10-17(11-18)20-13)12-19-8-6-14-4-2-3-5-15(14)7-9-19/h2-5,10H,6-9,11-12,18H2,1H3. The molecule has 3 rings (SSSR count). The molecule has 106 valence electrons. The monoisotopic (exact) mass is 270 g/mol. The normalized spacial score (nSPS) is 15.9. The van der Waals surface area contributed by atoms with Crippen molar-refractivity contribution in [2.24, 2.45) is 5.73 Å². The van der Waals surface area contributed by atoms with Crippen molar-refractivity contribution in [2.45, 2.75) is 32.9 Å². The zero-order valence-electron chi connectivity index (χ0n) is 12.1. The lowest BCUT2D eigenvalue weighted by Crippen LogP contribution is -2.26. The maximum atomic E-state index is 5.65. The minimum absolute atomic E-state index is 0.478. The van der Waals surface area contributed by atoms with Gasteiger partial charge in [0.2, 0.25) is 0 Å². The van der Waals surface area contributed by atoms with Crippen LogP contribution in [0, 0.1) is 6.92 Å². The highest BCUT2D eigenvalue weighted by molar-refractivity contribution is 5.29. The molecule has 0 amide bonds.